The average Bonchev–Trinajstić information content (AvgIpc) is 2.68. The van der Waals surface area contributed by atoms with Crippen LogP contribution in [0.5, 0.6) is 23.0 Å². The van der Waals surface area contributed by atoms with Gasteiger partial charge in [-0.1, -0.05) is 0 Å². The standard InChI is InChI=1S/C20H23NO5S/c1-3-23-14-5-7-17(24-4-2)16(11-14)21-20(22)13-27-15-6-8-18-19(12-15)26-10-9-25-18/h5-8,11-12H,3-4,9-10,13H2,1-2H3,(H,21,22). The third kappa shape index (κ3) is 5.23. The van der Waals surface area contributed by atoms with Gasteiger partial charge in [0.2, 0.25) is 5.91 Å². The Morgan fingerprint density at radius 2 is 1.81 bits per heavy atom. The van der Waals surface area contributed by atoms with Crippen LogP contribution in [0.25, 0.3) is 0 Å². The third-order valence-electron chi connectivity index (χ3n) is 3.72. The molecule has 0 radical (unpaired) electrons. The summed E-state index contributed by atoms with van der Waals surface area (Å²) in [6.45, 7) is 5.99. The van der Waals surface area contributed by atoms with Gasteiger partial charge in [-0.25, -0.2) is 0 Å². The predicted molar refractivity (Wildman–Crippen MR) is 106 cm³/mol. The molecule has 1 N–H and O–H groups in total. The molecule has 144 valence electrons. The van der Waals surface area contributed by atoms with Crippen LogP contribution in [0.3, 0.4) is 0 Å². The van der Waals surface area contributed by atoms with E-state index in [1.165, 1.54) is 11.8 Å². The number of carbonyl (C=O) groups excluding carboxylic acids is 1. The number of hydrogen-bond donors (Lipinski definition) is 1. The van der Waals surface area contributed by atoms with E-state index in [2.05, 4.69) is 5.32 Å². The summed E-state index contributed by atoms with van der Waals surface area (Å²) in [5.74, 6) is 2.92. The van der Waals surface area contributed by atoms with Gasteiger partial charge in [0.15, 0.2) is 11.5 Å². The number of hydrogen-bond acceptors (Lipinski definition) is 6. The second-order valence-electron chi connectivity index (χ2n) is 5.67. The topological polar surface area (TPSA) is 66.0 Å². The van der Waals surface area contributed by atoms with E-state index in [0.29, 0.717) is 43.6 Å². The second kappa shape index (κ2) is 9.41. The molecule has 2 aromatic rings. The van der Waals surface area contributed by atoms with Crippen LogP contribution >= 0.6 is 11.8 Å². The molecule has 0 saturated carbocycles. The molecule has 1 aliphatic rings. The summed E-state index contributed by atoms with van der Waals surface area (Å²) >= 11 is 1.43. The Morgan fingerprint density at radius 3 is 2.59 bits per heavy atom. The molecule has 1 amide bonds. The molecule has 27 heavy (non-hydrogen) atoms. The quantitative estimate of drug-likeness (QED) is 0.689. The van der Waals surface area contributed by atoms with Gasteiger partial charge in [0.05, 0.1) is 24.7 Å². The van der Waals surface area contributed by atoms with E-state index in [9.17, 15) is 4.79 Å². The molecule has 2 aromatic carbocycles. The first-order valence-corrected chi connectivity index (χ1v) is 9.90. The number of nitrogens with one attached hydrogen (secondary N) is 1. The Balaban J connectivity index is 1.62. The monoisotopic (exact) mass is 389 g/mol. The van der Waals surface area contributed by atoms with Crippen molar-refractivity contribution in [2.75, 3.05) is 37.5 Å². The highest BCUT2D eigenvalue weighted by atomic mass is 32.2. The summed E-state index contributed by atoms with van der Waals surface area (Å²) in [6, 6.07) is 11.1. The number of amides is 1. The van der Waals surface area contributed by atoms with Crippen molar-refractivity contribution in [3.63, 3.8) is 0 Å². The molecule has 6 nitrogen and oxygen atoms in total. The lowest BCUT2D eigenvalue weighted by Crippen LogP contribution is -2.16. The maximum atomic E-state index is 12.4. The largest absolute Gasteiger partial charge is 0.494 e. The lowest BCUT2D eigenvalue weighted by molar-refractivity contribution is -0.113. The Hall–Kier alpha value is -2.54. The van der Waals surface area contributed by atoms with E-state index in [1.54, 1.807) is 12.1 Å². The van der Waals surface area contributed by atoms with Crippen LogP contribution in [-0.2, 0) is 4.79 Å². The minimum absolute atomic E-state index is 0.121. The van der Waals surface area contributed by atoms with Crippen LogP contribution < -0.4 is 24.3 Å². The number of thioether (sulfide) groups is 1. The summed E-state index contributed by atoms with van der Waals surface area (Å²) in [5, 5.41) is 2.91. The molecule has 7 heteroatoms. The van der Waals surface area contributed by atoms with Gasteiger partial charge in [-0.3, -0.25) is 4.79 Å². The fourth-order valence-corrected chi connectivity index (χ4v) is 3.32. The van der Waals surface area contributed by atoms with E-state index < -0.39 is 0 Å². The average molecular weight is 389 g/mol. The number of ether oxygens (including phenoxy) is 4. The minimum Gasteiger partial charge on any atom is -0.494 e. The van der Waals surface area contributed by atoms with Crippen molar-refractivity contribution in [3.05, 3.63) is 36.4 Å². The number of carbonyl (C=O) groups is 1. The molecule has 1 heterocycles. The molecule has 0 aromatic heterocycles. The van der Waals surface area contributed by atoms with Crippen LogP contribution in [0.1, 0.15) is 13.8 Å². The summed E-state index contributed by atoms with van der Waals surface area (Å²) in [6.07, 6.45) is 0. The van der Waals surface area contributed by atoms with E-state index in [0.717, 1.165) is 16.4 Å². The van der Waals surface area contributed by atoms with Gasteiger partial charge in [-0.05, 0) is 44.2 Å². The predicted octanol–water partition coefficient (Wildman–Crippen LogP) is 3.99. The molecule has 0 unspecified atom stereocenters. The molecule has 0 fully saturated rings. The second-order valence-corrected chi connectivity index (χ2v) is 6.72. The lowest BCUT2D eigenvalue weighted by Gasteiger charge is -2.18. The highest BCUT2D eigenvalue weighted by Gasteiger charge is 2.14. The van der Waals surface area contributed by atoms with Crippen LogP contribution in [0.2, 0.25) is 0 Å². The van der Waals surface area contributed by atoms with Gasteiger partial charge < -0.3 is 24.3 Å². The van der Waals surface area contributed by atoms with Crippen molar-refractivity contribution in [2.24, 2.45) is 0 Å². The zero-order valence-electron chi connectivity index (χ0n) is 15.4. The normalized spacial score (nSPS) is 12.4. The SMILES string of the molecule is CCOc1ccc(OCC)c(NC(=O)CSc2ccc3c(c2)OCCO3)c1. The first-order chi connectivity index (χ1) is 13.2. The Labute approximate surface area is 163 Å². The van der Waals surface area contributed by atoms with Gasteiger partial charge in [-0.2, -0.15) is 0 Å². The lowest BCUT2D eigenvalue weighted by atomic mass is 10.2. The van der Waals surface area contributed by atoms with Crippen molar-refractivity contribution >= 4 is 23.4 Å². The van der Waals surface area contributed by atoms with E-state index >= 15 is 0 Å². The Morgan fingerprint density at radius 1 is 1.04 bits per heavy atom. The summed E-state index contributed by atoms with van der Waals surface area (Å²) < 4.78 is 22.2. The molecule has 0 aliphatic carbocycles. The van der Waals surface area contributed by atoms with Crippen LogP contribution in [-0.4, -0.2) is 38.1 Å². The zero-order valence-corrected chi connectivity index (χ0v) is 16.3. The summed E-state index contributed by atoms with van der Waals surface area (Å²) in [7, 11) is 0. The van der Waals surface area contributed by atoms with E-state index in [-0.39, 0.29) is 11.7 Å². The van der Waals surface area contributed by atoms with E-state index in [1.807, 2.05) is 38.1 Å². The Kier molecular flexibility index (Phi) is 6.70. The fourth-order valence-electron chi connectivity index (χ4n) is 2.59. The van der Waals surface area contributed by atoms with Gasteiger partial charge in [0.1, 0.15) is 24.7 Å². The maximum absolute atomic E-state index is 12.4. The van der Waals surface area contributed by atoms with Crippen molar-refractivity contribution in [1.29, 1.82) is 0 Å². The number of anilines is 1. The molecular weight excluding hydrogens is 366 g/mol. The maximum Gasteiger partial charge on any atom is 0.234 e. The van der Waals surface area contributed by atoms with Gasteiger partial charge in [-0.15, -0.1) is 11.8 Å². The number of rotatable bonds is 8. The highest BCUT2D eigenvalue weighted by Crippen LogP contribution is 2.34. The van der Waals surface area contributed by atoms with E-state index in [4.69, 9.17) is 18.9 Å². The fraction of sp³-hybridized carbons (Fsp3) is 0.350. The van der Waals surface area contributed by atoms with Crippen molar-refractivity contribution < 1.29 is 23.7 Å². The van der Waals surface area contributed by atoms with Gasteiger partial charge in [0.25, 0.3) is 0 Å². The molecular formula is C20H23NO5S. The third-order valence-corrected chi connectivity index (χ3v) is 4.71. The summed E-state index contributed by atoms with van der Waals surface area (Å²) in [4.78, 5) is 13.4. The molecule has 0 bridgehead atoms. The Bertz CT molecular complexity index is 796. The minimum atomic E-state index is -0.121. The van der Waals surface area contributed by atoms with Crippen molar-refractivity contribution in [1.82, 2.24) is 0 Å². The van der Waals surface area contributed by atoms with Crippen LogP contribution in [0, 0.1) is 0 Å². The molecule has 0 saturated heterocycles. The van der Waals surface area contributed by atoms with Crippen LogP contribution in [0.4, 0.5) is 5.69 Å². The van der Waals surface area contributed by atoms with Crippen molar-refractivity contribution in [3.8, 4) is 23.0 Å². The van der Waals surface area contributed by atoms with Gasteiger partial charge >= 0.3 is 0 Å². The zero-order chi connectivity index (χ0) is 19.1. The molecule has 0 spiro atoms. The molecule has 0 atom stereocenters. The molecule has 1 aliphatic heterocycles. The highest BCUT2D eigenvalue weighted by molar-refractivity contribution is 8.00. The van der Waals surface area contributed by atoms with Crippen LogP contribution in [0.15, 0.2) is 41.3 Å². The van der Waals surface area contributed by atoms with Crippen molar-refractivity contribution in [2.45, 2.75) is 18.7 Å². The first-order valence-electron chi connectivity index (χ1n) is 8.91. The first kappa shape index (κ1) is 19.2. The number of benzene rings is 2. The molecule has 3 rings (SSSR count). The summed E-state index contributed by atoms with van der Waals surface area (Å²) in [5.41, 5.74) is 0.607. The van der Waals surface area contributed by atoms with Gasteiger partial charge in [0, 0.05) is 11.0 Å². The smallest absolute Gasteiger partial charge is 0.234 e. The number of fused-ring (bicyclic) bond motifs is 1.